The molecule has 0 aliphatic carbocycles. The van der Waals surface area contributed by atoms with Crippen molar-refractivity contribution >= 4 is 23.1 Å². The third-order valence-electron chi connectivity index (χ3n) is 3.85. The molecule has 0 aliphatic rings. The minimum absolute atomic E-state index is 0.0498. The fourth-order valence-corrected chi connectivity index (χ4v) is 2.49. The molecule has 0 fully saturated rings. The van der Waals surface area contributed by atoms with Gasteiger partial charge in [-0.3, -0.25) is 5.43 Å². The Morgan fingerprint density at radius 2 is 1.76 bits per heavy atom. The van der Waals surface area contributed by atoms with Crippen LogP contribution in [0.2, 0.25) is 0 Å². The summed E-state index contributed by atoms with van der Waals surface area (Å²) in [6, 6.07) is 10.8. The molecule has 0 amide bonds. The molecule has 0 atom stereocenters. The number of rotatable bonds is 4. The molecule has 1 N–H and O–H groups in total. The fraction of sp³-hybridized carbons (Fsp3) is 0.0526. The summed E-state index contributed by atoms with van der Waals surface area (Å²) < 4.78 is 57.3. The topological polar surface area (TPSA) is 76.2 Å². The minimum Gasteiger partial charge on any atom is -0.461 e. The molecule has 0 spiro atoms. The molecule has 4 aromatic rings. The minimum atomic E-state index is -4.61. The summed E-state index contributed by atoms with van der Waals surface area (Å²) in [7, 11) is 0. The Bertz CT molecular complexity index is 1170. The van der Waals surface area contributed by atoms with Crippen LogP contribution in [0.25, 0.3) is 22.6 Å². The molecule has 0 bridgehead atoms. The number of benzene rings is 1. The van der Waals surface area contributed by atoms with E-state index in [4.69, 9.17) is 4.42 Å². The number of nitrogens with one attached hydrogen (secondary N) is 1. The lowest BCUT2D eigenvalue weighted by atomic mass is 10.2. The zero-order valence-corrected chi connectivity index (χ0v) is 14.5. The van der Waals surface area contributed by atoms with Gasteiger partial charge in [0, 0.05) is 0 Å². The van der Waals surface area contributed by atoms with Crippen LogP contribution in [-0.4, -0.2) is 21.2 Å². The van der Waals surface area contributed by atoms with Gasteiger partial charge in [-0.2, -0.15) is 18.3 Å². The van der Waals surface area contributed by atoms with E-state index in [-0.39, 0.29) is 34.3 Å². The van der Waals surface area contributed by atoms with Crippen molar-refractivity contribution in [3.8, 4) is 11.6 Å². The normalized spacial score (nSPS) is 12.0. The van der Waals surface area contributed by atoms with Crippen LogP contribution in [0.15, 0.2) is 64.3 Å². The lowest BCUT2D eigenvalue weighted by molar-refractivity contribution is -0.141. The summed E-state index contributed by atoms with van der Waals surface area (Å²) in [6.45, 7) is 0. The van der Waals surface area contributed by atoms with Crippen LogP contribution in [0.5, 0.6) is 0 Å². The Kier molecular flexibility index (Phi) is 4.67. The van der Waals surface area contributed by atoms with Crippen molar-refractivity contribution in [3.05, 3.63) is 71.9 Å². The first-order chi connectivity index (χ1) is 13.9. The zero-order valence-electron chi connectivity index (χ0n) is 14.5. The van der Waals surface area contributed by atoms with Crippen molar-refractivity contribution in [2.24, 2.45) is 5.10 Å². The molecule has 6 nitrogen and oxygen atoms in total. The van der Waals surface area contributed by atoms with Gasteiger partial charge in [-0.15, -0.1) is 0 Å². The molecule has 0 unspecified atom stereocenters. The maximum absolute atomic E-state index is 13.0. The number of fused-ring (bicyclic) bond motifs is 1. The first kappa shape index (κ1) is 18.5. The van der Waals surface area contributed by atoms with Crippen LogP contribution in [0, 0.1) is 5.82 Å². The second kappa shape index (κ2) is 7.30. The van der Waals surface area contributed by atoms with E-state index in [1.165, 1.54) is 42.8 Å². The van der Waals surface area contributed by atoms with Gasteiger partial charge >= 0.3 is 6.18 Å². The molecule has 0 aliphatic heterocycles. The maximum atomic E-state index is 13.0. The standard InChI is InChI=1S/C19H11F4N5O/c20-12-5-3-11(4-6-12)10-24-28-17-13-7-8-15(19(21,22)23)25-16(13)26-18(27-17)14-2-1-9-29-14/h1-10H,(H,25,26,27,28). The van der Waals surface area contributed by atoms with Crippen LogP contribution in [0.4, 0.5) is 23.4 Å². The Labute approximate surface area is 160 Å². The van der Waals surface area contributed by atoms with Gasteiger partial charge in [0.1, 0.15) is 11.5 Å². The summed E-state index contributed by atoms with van der Waals surface area (Å²) in [5.41, 5.74) is 2.04. The second-order valence-electron chi connectivity index (χ2n) is 5.86. The summed E-state index contributed by atoms with van der Waals surface area (Å²) in [5, 5.41) is 4.26. The quantitative estimate of drug-likeness (QED) is 0.299. The number of pyridine rings is 1. The summed E-state index contributed by atoms with van der Waals surface area (Å²) in [4.78, 5) is 12.0. The average Bonchev–Trinajstić information content (AvgIpc) is 3.23. The Balaban J connectivity index is 1.75. The number of furan rings is 1. The monoisotopic (exact) mass is 401 g/mol. The van der Waals surface area contributed by atoms with Gasteiger partial charge in [0.2, 0.25) is 0 Å². The lowest BCUT2D eigenvalue weighted by Crippen LogP contribution is -2.09. The van der Waals surface area contributed by atoms with Crippen molar-refractivity contribution in [1.82, 2.24) is 15.0 Å². The summed E-state index contributed by atoms with van der Waals surface area (Å²) in [5.74, 6) is 0.0676. The Morgan fingerprint density at radius 3 is 2.45 bits per heavy atom. The van der Waals surface area contributed by atoms with Gasteiger partial charge in [0.05, 0.1) is 17.9 Å². The number of hydrogen-bond donors (Lipinski definition) is 1. The fourth-order valence-electron chi connectivity index (χ4n) is 2.49. The predicted molar refractivity (Wildman–Crippen MR) is 97.7 cm³/mol. The smallest absolute Gasteiger partial charge is 0.433 e. The number of alkyl halides is 3. The SMILES string of the molecule is Fc1ccc(C=NNc2nc(-c3ccco3)nc3nc(C(F)(F)F)ccc23)cc1. The number of halogens is 4. The van der Waals surface area contributed by atoms with Crippen molar-refractivity contribution in [2.75, 3.05) is 5.43 Å². The highest BCUT2D eigenvalue weighted by atomic mass is 19.4. The highest BCUT2D eigenvalue weighted by molar-refractivity contribution is 5.89. The van der Waals surface area contributed by atoms with Crippen molar-refractivity contribution < 1.29 is 22.0 Å². The van der Waals surface area contributed by atoms with E-state index in [1.807, 2.05) is 0 Å². The molecule has 0 saturated heterocycles. The van der Waals surface area contributed by atoms with E-state index >= 15 is 0 Å². The van der Waals surface area contributed by atoms with Crippen LogP contribution >= 0.6 is 0 Å². The van der Waals surface area contributed by atoms with Crippen LogP contribution in [-0.2, 0) is 6.18 Å². The molecule has 1 aromatic carbocycles. The summed E-state index contributed by atoms with van der Waals surface area (Å²) >= 11 is 0. The number of nitrogens with zero attached hydrogens (tertiary/aromatic N) is 4. The highest BCUT2D eigenvalue weighted by Gasteiger charge is 2.33. The van der Waals surface area contributed by atoms with Gasteiger partial charge in [-0.1, -0.05) is 12.1 Å². The maximum Gasteiger partial charge on any atom is 0.433 e. The van der Waals surface area contributed by atoms with Crippen molar-refractivity contribution in [3.63, 3.8) is 0 Å². The van der Waals surface area contributed by atoms with Gasteiger partial charge in [-0.05, 0) is 42.0 Å². The first-order valence-corrected chi connectivity index (χ1v) is 8.25. The van der Waals surface area contributed by atoms with Gasteiger partial charge < -0.3 is 4.42 Å². The number of hydrogen-bond acceptors (Lipinski definition) is 6. The number of aromatic nitrogens is 3. The molecule has 0 saturated carbocycles. The third-order valence-corrected chi connectivity index (χ3v) is 3.85. The van der Waals surface area contributed by atoms with E-state index in [2.05, 4.69) is 25.5 Å². The first-order valence-electron chi connectivity index (χ1n) is 8.25. The van der Waals surface area contributed by atoms with Crippen LogP contribution in [0.3, 0.4) is 0 Å². The largest absolute Gasteiger partial charge is 0.461 e. The summed E-state index contributed by atoms with van der Waals surface area (Å²) in [6.07, 6.45) is -1.81. The van der Waals surface area contributed by atoms with E-state index in [9.17, 15) is 17.6 Å². The van der Waals surface area contributed by atoms with Crippen LogP contribution < -0.4 is 5.43 Å². The average molecular weight is 401 g/mol. The molecule has 4 rings (SSSR count). The second-order valence-corrected chi connectivity index (χ2v) is 5.86. The molecular weight excluding hydrogens is 390 g/mol. The predicted octanol–water partition coefficient (Wildman–Crippen LogP) is 4.89. The van der Waals surface area contributed by atoms with Crippen LogP contribution in [0.1, 0.15) is 11.3 Å². The molecule has 0 radical (unpaired) electrons. The van der Waals surface area contributed by atoms with E-state index in [1.54, 1.807) is 12.1 Å². The molecule has 3 heterocycles. The van der Waals surface area contributed by atoms with Crippen molar-refractivity contribution in [1.29, 1.82) is 0 Å². The lowest BCUT2D eigenvalue weighted by Gasteiger charge is -2.09. The zero-order chi connectivity index (χ0) is 20.4. The van der Waals surface area contributed by atoms with E-state index < -0.39 is 11.9 Å². The van der Waals surface area contributed by atoms with Gasteiger partial charge in [0.15, 0.2) is 23.0 Å². The molecule has 146 valence electrons. The van der Waals surface area contributed by atoms with Gasteiger partial charge in [0.25, 0.3) is 0 Å². The van der Waals surface area contributed by atoms with E-state index in [0.29, 0.717) is 5.56 Å². The van der Waals surface area contributed by atoms with Gasteiger partial charge in [-0.25, -0.2) is 19.3 Å². The third kappa shape index (κ3) is 4.05. The Morgan fingerprint density at radius 1 is 0.966 bits per heavy atom. The van der Waals surface area contributed by atoms with E-state index in [0.717, 1.165) is 6.07 Å². The molecule has 10 heteroatoms. The number of anilines is 1. The Hall–Kier alpha value is -3.82. The molecule has 3 aromatic heterocycles. The molecular formula is C19H11F4N5O. The van der Waals surface area contributed by atoms with Crippen molar-refractivity contribution in [2.45, 2.75) is 6.18 Å². The highest BCUT2D eigenvalue weighted by Crippen LogP contribution is 2.31. The number of hydrazone groups is 1. The molecule has 29 heavy (non-hydrogen) atoms.